The lowest BCUT2D eigenvalue weighted by atomic mass is 10.2. The molecule has 0 fully saturated rings. The number of hydrogen-bond donors (Lipinski definition) is 3. The molecule has 0 unspecified atom stereocenters. The van der Waals surface area contributed by atoms with Crippen LogP contribution in [0.2, 0.25) is 5.02 Å². The van der Waals surface area contributed by atoms with Crippen molar-refractivity contribution < 1.29 is 9.90 Å². The third kappa shape index (κ3) is 2.79. The molecule has 0 aliphatic rings. The number of carbonyl (C=O) groups is 1. The summed E-state index contributed by atoms with van der Waals surface area (Å²) in [7, 11) is 0. The fourth-order valence-electron chi connectivity index (χ4n) is 1.54. The summed E-state index contributed by atoms with van der Waals surface area (Å²) in [5, 5.41) is 20.9. The second-order valence-electron chi connectivity index (χ2n) is 3.89. The van der Waals surface area contributed by atoms with Crippen LogP contribution >= 0.6 is 11.6 Å². The Morgan fingerprint density at radius 1 is 1.45 bits per heavy atom. The number of rotatable bonds is 3. The average molecular weight is 289 g/mol. The summed E-state index contributed by atoms with van der Waals surface area (Å²) in [6.07, 6.45) is 1.25. The van der Waals surface area contributed by atoms with Gasteiger partial charge in [0, 0.05) is 0 Å². The topological polar surface area (TPSA) is 112 Å². The number of nitriles is 1. The van der Waals surface area contributed by atoms with E-state index < -0.39 is 5.97 Å². The molecule has 100 valence electrons. The van der Waals surface area contributed by atoms with Crippen LogP contribution in [0.3, 0.4) is 0 Å². The van der Waals surface area contributed by atoms with Crippen LogP contribution < -0.4 is 11.1 Å². The second kappa shape index (κ2) is 5.47. The highest BCUT2D eigenvalue weighted by molar-refractivity contribution is 6.33. The number of halogens is 1. The van der Waals surface area contributed by atoms with Crippen molar-refractivity contribution >= 4 is 34.8 Å². The van der Waals surface area contributed by atoms with E-state index in [1.54, 1.807) is 12.1 Å². The predicted octanol–water partition coefficient (Wildman–Crippen LogP) is 2.63. The number of aromatic nitrogens is 1. The SMILES string of the molecule is N#Cc1ccc(Nc2cc(C(=O)O)c(N)cn2)c(Cl)c1. The van der Waals surface area contributed by atoms with Crippen LogP contribution in [0.1, 0.15) is 15.9 Å². The van der Waals surface area contributed by atoms with Crippen LogP contribution in [0.25, 0.3) is 0 Å². The molecule has 0 saturated heterocycles. The summed E-state index contributed by atoms with van der Waals surface area (Å²) < 4.78 is 0. The molecule has 6 nitrogen and oxygen atoms in total. The van der Waals surface area contributed by atoms with Gasteiger partial charge in [-0.05, 0) is 24.3 Å². The van der Waals surface area contributed by atoms with Crippen LogP contribution in [0.4, 0.5) is 17.2 Å². The second-order valence-corrected chi connectivity index (χ2v) is 4.30. The van der Waals surface area contributed by atoms with Gasteiger partial charge in [0.25, 0.3) is 0 Å². The molecule has 4 N–H and O–H groups in total. The number of benzene rings is 1. The monoisotopic (exact) mass is 288 g/mol. The Bertz CT molecular complexity index is 725. The summed E-state index contributed by atoms with van der Waals surface area (Å²) in [5.74, 6) is -0.845. The molecular weight excluding hydrogens is 280 g/mol. The first-order valence-electron chi connectivity index (χ1n) is 5.46. The third-order valence-corrected chi connectivity index (χ3v) is 2.84. The Hall–Kier alpha value is -2.78. The molecule has 0 saturated carbocycles. The van der Waals surface area contributed by atoms with E-state index in [-0.39, 0.29) is 11.3 Å². The fourth-order valence-corrected chi connectivity index (χ4v) is 1.77. The summed E-state index contributed by atoms with van der Waals surface area (Å²) in [4.78, 5) is 15.0. The van der Waals surface area contributed by atoms with Crippen molar-refractivity contribution in [1.82, 2.24) is 4.98 Å². The van der Waals surface area contributed by atoms with Crippen molar-refractivity contribution in [2.24, 2.45) is 0 Å². The number of nitrogens with zero attached hydrogens (tertiary/aromatic N) is 2. The zero-order valence-corrected chi connectivity index (χ0v) is 10.8. The van der Waals surface area contributed by atoms with Crippen LogP contribution in [0, 0.1) is 11.3 Å². The Labute approximate surface area is 119 Å². The molecule has 1 aromatic heterocycles. The summed E-state index contributed by atoms with van der Waals surface area (Å²) in [6, 6.07) is 7.98. The van der Waals surface area contributed by atoms with E-state index in [2.05, 4.69) is 10.3 Å². The molecule has 20 heavy (non-hydrogen) atoms. The van der Waals surface area contributed by atoms with E-state index in [0.717, 1.165) is 0 Å². The van der Waals surface area contributed by atoms with E-state index in [9.17, 15) is 4.79 Å². The summed E-state index contributed by atoms with van der Waals surface area (Å²) >= 11 is 6.01. The van der Waals surface area contributed by atoms with Crippen molar-refractivity contribution in [1.29, 1.82) is 5.26 Å². The van der Waals surface area contributed by atoms with Gasteiger partial charge in [0.2, 0.25) is 0 Å². The smallest absolute Gasteiger partial charge is 0.337 e. The minimum absolute atomic E-state index is 0.0488. The largest absolute Gasteiger partial charge is 0.478 e. The molecule has 0 amide bonds. The molecule has 1 aromatic carbocycles. The van der Waals surface area contributed by atoms with Crippen molar-refractivity contribution in [2.45, 2.75) is 0 Å². The predicted molar refractivity (Wildman–Crippen MR) is 75.1 cm³/mol. The molecule has 0 radical (unpaired) electrons. The molecule has 0 aliphatic heterocycles. The number of aromatic carboxylic acids is 1. The highest BCUT2D eigenvalue weighted by Gasteiger charge is 2.10. The molecule has 0 spiro atoms. The van der Waals surface area contributed by atoms with Crippen molar-refractivity contribution in [2.75, 3.05) is 11.1 Å². The van der Waals surface area contributed by atoms with E-state index in [1.165, 1.54) is 18.3 Å². The number of nitrogens with one attached hydrogen (secondary N) is 1. The molecular formula is C13H9ClN4O2. The molecule has 1 heterocycles. The Kier molecular flexibility index (Phi) is 3.73. The maximum absolute atomic E-state index is 11.0. The maximum Gasteiger partial charge on any atom is 0.337 e. The van der Waals surface area contributed by atoms with E-state index >= 15 is 0 Å². The summed E-state index contributed by atoms with van der Waals surface area (Å²) in [6.45, 7) is 0. The van der Waals surface area contributed by atoms with Gasteiger partial charge in [-0.25, -0.2) is 9.78 Å². The number of carboxylic acids is 1. The fraction of sp³-hybridized carbons (Fsp3) is 0. The molecule has 0 atom stereocenters. The number of carboxylic acid groups (broad SMARTS) is 1. The number of anilines is 3. The molecule has 7 heteroatoms. The van der Waals surface area contributed by atoms with E-state index in [0.29, 0.717) is 22.1 Å². The lowest BCUT2D eigenvalue weighted by Crippen LogP contribution is -2.05. The van der Waals surface area contributed by atoms with Gasteiger partial charge in [-0.3, -0.25) is 0 Å². The van der Waals surface area contributed by atoms with Crippen molar-refractivity contribution in [3.63, 3.8) is 0 Å². The highest BCUT2D eigenvalue weighted by Crippen LogP contribution is 2.26. The van der Waals surface area contributed by atoms with Crippen molar-refractivity contribution in [3.8, 4) is 6.07 Å². The lowest BCUT2D eigenvalue weighted by Gasteiger charge is -2.09. The van der Waals surface area contributed by atoms with Gasteiger partial charge in [-0.15, -0.1) is 0 Å². The first kappa shape index (κ1) is 13.6. The minimum atomic E-state index is -1.14. The Morgan fingerprint density at radius 2 is 2.20 bits per heavy atom. The first-order chi connectivity index (χ1) is 9.51. The lowest BCUT2D eigenvalue weighted by molar-refractivity contribution is 0.0698. The third-order valence-electron chi connectivity index (χ3n) is 2.53. The van der Waals surface area contributed by atoms with Gasteiger partial charge >= 0.3 is 5.97 Å². The zero-order chi connectivity index (χ0) is 14.7. The van der Waals surface area contributed by atoms with Gasteiger partial charge < -0.3 is 16.2 Å². The van der Waals surface area contributed by atoms with Gasteiger partial charge in [0.1, 0.15) is 5.82 Å². The molecule has 0 aliphatic carbocycles. The average Bonchev–Trinajstić information content (AvgIpc) is 2.42. The highest BCUT2D eigenvalue weighted by atomic mass is 35.5. The van der Waals surface area contributed by atoms with Crippen LogP contribution in [-0.4, -0.2) is 16.1 Å². The van der Waals surface area contributed by atoms with Crippen molar-refractivity contribution in [3.05, 3.63) is 46.6 Å². The van der Waals surface area contributed by atoms with Crippen LogP contribution in [0.5, 0.6) is 0 Å². The number of hydrogen-bond acceptors (Lipinski definition) is 5. The molecule has 2 aromatic rings. The minimum Gasteiger partial charge on any atom is -0.478 e. The number of pyridine rings is 1. The van der Waals surface area contributed by atoms with Gasteiger partial charge in [0.15, 0.2) is 0 Å². The Balaban J connectivity index is 2.33. The van der Waals surface area contributed by atoms with Gasteiger partial charge in [-0.2, -0.15) is 5.26 Å². The van der Waals surface area contributed by atoms with E-state index in [4.69, 9.17) is 27.7 Å². The number of nitrogens with two attached hydrogens (primary N) is 1. The van der Waals surface area contributed by atoms with E-state index in [1.807, 2.05) is 6.07 Å². The molecule has 2 rings (SSSR count). The zero-order valence-electron chi connectivity index (χ0n) is 10.1. The quantitative estimate of drug-likeness (QED) is 0.800. The van der Waals surface area contributed by atoms with Crippen LogP contribution in [-0.2, 0) is 0 Å². The standard InChI is InChI=1S/C13H9ClN4O2/c14-9-3-7(5-15)1-2-11(9)18-12-4-8(13(19)20)10(16)6-17-12/h1-4,6H,16H2,(H,17,18)(H,19,20). The first-order valence-corrected chi connectivity index (χ1v) is 5.84. The Morgan fingerprint density at radius 3 is 2.80 bits per heavy atom. The van der Waals surface area contributed by atoms with Gasteiger partial charge in [-0.1, -0.05) is 11.6 Å². The summed E-state index contributed by atoms with van der Waals surface area (Å²) in [5.41, 5.74) is 6.49. The molecule has 0 bridgehead atoms. The van der Waals surface area contributed by atoms with Gasteiger partial charge in [0.05, 0.1) is 39.8 Å². The van der Waals surface area contributed by atoms with Crippen LogP contribution in [0.15, 0.2) is 30.5 Å². The number of nitrogen functional groups attached to an aromatic ring is 1. The maximum atomic E-state index is 11.0. The normalized spacial score (nSPS) is 9.80.